The van der Waals surface area contributed by atoms with Crippen molar-refractivity contribution in [3.8, 4) is 33.1 Å². The summed E-state index contributed by atoms with van der Waals surface area (Å²) in [4.78, 5) is 21.3. The predicted molar refractivity (Wildman–Crippen MR) is 136 cm³/mol. The largest absolute Gasteiger partial charge is 0.374 e. The summed E-state index contributed by atoms with van der Waals surface area (Å²) in [6.07, 6.45) is 7.41. The first-order valence-corrected chi connectivity index (χ1v) is 12.4. The molecule has 0 aromatic carbocycles. The molecule has 6 heterocycles. The molecule has 7 rings (SSSR count). The first-order valence-electron chi connectivity index (χ1n) is 11.6. The monoisotopic (exact) mass is 516 g/mol. The van der Waals surface area contributed by atoms with Crippen LogP contribution in [0.1, 0.15) is 12.8 Å². The van der Waals surface area contributed by atoms with Crippen molar-refractivity contribution >= 4 is 39.2 Å². The lowest BCUT2D eigenvalue weighted by Crippen LogP contribution is -2.20. The summed E-state index contributed by atoms with van der Waals surface area (Å²) < 4.78 is 29.6. The normalized spacial score (nSPS) is 14.5. The fourth-order valence-corrected chi connectivity index (χ4v) is 5.15. The van der Waals surface area contributed by atoms with Crippen LogP contribution in [0.5, 0.6) is 0 Å². The molecule has 1 fully saturated rings. The van der Waals surface area contributed by atoms with Crippen LogP contribution in [-0.4, -0.2) is 46.5 Å². The fourth-order valence-electron chi connectivity index (χ4n) is 4.38. The van der Waals surface area contributed by atoms with Gasteiger partial charge >= 0.3 is 0 Å². The molecular weight excluding hydrogens is 498 g/mol. The molecule has 0 aliphatic heterocycles. The third kappa shape index (κ3) is 3.81. The second-order valence-corrected chi connectivity index (χ2v) is 9.95. The Morgan fingerprint density at radius 3 is 2.76 bits per heavy atom. The number of aromatic amines is 2. The molecule has 9 nitrogen and oxygen atoms in total. The summed E-state index contributed by atoms with van der Waals surface area (Å²) in [6, 6.07) is 6.59. The van der Waals surface area contributed by atoms with Gasteiger partial charge < -0.3 is 15.4 Å². The van der Waals surface area contributed by atoms with E-state index in [4.69, 9.17) is 0 Å². The Morgan fingerprint density at radius 1 is 1.05 bits per heavy atom. The van der Waals surface area contributed by atoms with E-state index in [2.05, 4.69) is 40.4 Å². The van der Waals surface area contributed by atoms with E-state index in [9.17, 15) is 9.50 Å². The molecule has 1 aliphatic carbocycles. The maximum Gasteiger partial charge on any atom is 0.184 e. The third-order valence-electron chi connectivity index (χ3n) is 6.42. The number of pyridine rings is 3. The summed E-state index contributed by atoms with van der Waals surface area (Å²) in [5.41, 5.74) is 3.58. The maximum atomic E-state index is 16.0. The van der Waals surface area contributed by atoms with E-state index in [0.717, 1.165) is 34.6 Å². The van der Waals surface area contributed by atoms with E-state index in [-0.39, 0.29) is 27.6 Å². The Hall–Kier alpha value is -4.29. The molecule has 1 aliphatic rings. The van der Waals surface area contributed by atoms with Crippen LogP contribution < -0.4 is 5.32 Å². The zero-order chi connectivity index (χ0) is 25.1. The van der Waals surface area contributed by atoms with E-state index in [1.807, 2.05) is 0 Å². The second-order valence-electron chi connectivity index (χ2n) is 8.92. The number of halogens is 2. The number of aromatic nitrogens is 7. The van der Waals surface area contributed by atoms with Crippen LogP contribution >= 0.6 is 11.3 Å². The Kier molecular flexibility index (Phi) is 4.98. The molecule has 0 spiro atoms. The number of H-pyrrole nitrogens is 2. The van der Waals surface area contributed by atoms with E-state index < -0.39 is 12.0 Å². The van der Waals surface area contributed by atoms with Crippen LogP contribution in [-0.2, 0) is 0 Å². The highest BCUT2D eigenvalue weighted by atomic mass is 32.1. The van der Waals surface area contributed by atoms with Gasteiger partial charge in [0, 0.05) is 46.1 Å². The lowest BCUT2D eigenvalue weighted by Gasteiger charge is -2.13. The number of nitrogens with one attached hydrogen (secondary N) is 3. The molecule has 1 unspecified atom stereocenters. The van der Waals surface area contributed by atoms with Crippen LogP contribution in [0.4, 0.5) is 14.5 Å². The van der Waals surface area contributed by atoms with Gasteiger partial charge in [-0.25, -0.2) is 19.3 Å². The number of hydrogen-bond acceptors (Lipinski definition) is 8. The molecule has 6 aromatic rings. The van der Waals surface area contributed by atoms with Crippen molar-refractivity contribution in [2.75, 3.05) is 5.32 Å². The van der Waals surface area contributed by atoms with Gasteiger partial charge in [-0.15, -0.1) is 11.3 Å². The number of aliphatic hydroxyl groups is 1. The Labute approximate surface area is 211 Å². The Bertz CT molecular complexity index is 1790. The quantitative estimate of drug-likeness (QED) is 0.227. The minimum atomic E-state index is -0.666. The molecule has 184 valence electrons. The molecule has 0 amide bonds. The van der Waals surface area contributed by atoms with E-state index in [0.29, 0.717) is 33.9 Å². The molecule has 37 heavy (non-hydrogen) atoms. The highest BCUT2D eigenvalue weighted by molar-refractivity contribution is 7.14. The van der Waals surface area contributed by atoms with E-state index in [1.54, 1.807) is 30.6 Å². The zero-order valence-electron chi connectivity index (χ0n) is 19.0. The van der Waals surface area contributed by atoms with E-state index in [1.165, 1.54) is 18.5 Å². The van der Waals surface area contributed by atoms with Crippen molar-refractivity contribution in [2.45, 2.75) is 19.1 Å². The lowest BCUT2D eigenvalue weighted by atomic mass is 10.1. The molecule has 6 aromatic heterocycles. The molecular formula is C25H18F2N8OS. The second kappa shape index (κ2) is 8.39. The molecule has 1 saturated carbocycles. The van der Waals surface area contributed by atoms with Crippen molar-refractivity contribution in [2.24, 2.45) is 5.92 Å². The van der Waals surface area contributed by atoms with Gasteiger partial charge in [-0.1, -0.05) is 0 Å². The van der Waals surface area contributed by atoms with Crippen LogP contribution in [0.25, 0.3) is 55.3 Å². The van der Waals surface area contributed by atoms with Crippen molar-refractivity contribution in [1.82, 2.24) is 35.1 Å². The number of anilines is 1. The summed E-state index contributed by atoms with van der Waals surface area (Å²) >= 11 is 1.02. The van der Waals surface area contributed by atoms with Crippen LogP contribution in [0.3, 0.4) is 0 Å². The summed E-state index contributed by atoms with van der Waals surface area (Å²) in [5.74, 6) is 0.0161. The number of nitrogens with zero attached hydrogens (tertiary/aromatic N) is 5. The van der Waals surface area contributed by atoms with Crippen LogP contribution in [0.2, 0.25) is 0 Å². The highest BCUT2D eigenvalue weighted by Gasteiger charge is 2.30. The van der Waals surface area contributed by atoms with Crippen molar-refractivity contribution in [3.05, 3.63) is 60.0 Å². The van der Waals surface area contributed by atoms with E-state index >= 15 is 4.39 Å². The summed E-state index contributed by atoms with van der Waals surface area (Å²) in [7, 11) is 0. The van der Waals surface area contributed by atoms with Gasteiger partial charge in [-0.3, -0.25) is 10.1 Å². The molecule has 0 radical (unpaired) electrons. The smallest absolute Gasteiger partial charge is 0.184 e. The SMILES string of the molecule is OC(Nc1cncc(-c2cnc3n[nH]c(-c4nc5nccc(-c6ccc(F)s6)c5[nH]4)c3c2F)c1)C1CC1. The summed E-state index contributed by atoms with van der Waals surface area (Å²) in [5, 5.41) is 20.1. The standard InChI is InChI=1S/C25H18F2N8OS/c26-17-4-3-16(37-17)14-5-6-29-23-20(14)32-24(33-23)21-18-19(27)15(10-30-22(18)35-34-21)12-7-13(9-28-8-12)31-25(36)11-1-2-11/h3-11,25,31,36H,1-2H2,(H,29,32,33)(H,30,34,35). The molecule has 0 bridgehead atoms. The number of imidazole rings is 1. The van der Waals surface area contributed by atoms with Crippen LogP contribution in [0, 0.1) is 16.9 Å². The highest BCUT2D eigenvalue weighted by Crippen LogP contribution is 2.36. The van der Waals surface area contributed by atoms with Crippen molar-refractivity contribution < 1.29 is 13.9 Å². The van der Waals surface area contributed by atoms with Gasteiger partial charge in [0.05, 0.1) is 22.8 Å². The topological polar surface area (TPSA) is 128 Å². The van der Waals surface area contributed by atoms with Gasteiger partial charge in [0.1, 0.15) is 17.7 Å². The number of thiophene rings is 1. The van der Waals surface area contributed by atoms with Crippen LogP contribution in [0.15, 0.2) is 49.1 Å². The molecule has 4 N–H and O–H groups in total. The average Bonchev–Trinajstić information content (AvgIpc) is 3.29. The fraction of sp³-hybridized carbons (Fsp3) is 0.160. The molecule has 0 saturated heterocycles. The molecule has 1 atom stereocenters. The minimum absolute atomic E-state index is 0.164. The van der Waals surface area contributed by atoms with Gasteiger partial charge in [0.25, 0.3) is 0 Å². The van der Waals surface area contributed by atoms with Gasteiger partial charge in [0.15, 0.2) is 22.2 Å². The van der Waals surface area contributed by atoms with Gasteiger partial charge in [-0.2, -0.15) is 9.49 Å². The summed E-state index contributed by atoms with van der Waals surface area (Å²) in [6.45, 7) is 0. The van der Waals surface area contributed by atoms with Gasteiger partial charge in [0.2, 0.25) is 0 Å². The first-order chi connectivity index (χ1) is 18.0. The third-order valence-corrected chi connectivity index (χ3v) is 7.33. The van der Waals surface area contributed by atoms with Crippen molar-refractivity contribution in [3.63, 3.8) is 0 Å². The maximum absolute atomic E-state index is 16.0. The minimum Gasteiger partial charge on any atom is -0.374 e. The molecule has 12 heteroatoms. The average molecular weight is 517 g/mol. The number of rotatable bonds is 6. The first kappa shape index (κ1) is 21.9. The number of aliphatic hydroxyl groups excluding tert-OH is 1. The number of fused-ring (bicyclic) bond motifs is 2. The zero-order valence-corrected chi connectivity index (χ0v) is 19.9. The Balaban J connectivity index is 1.31. The Morgan fingerprint density at radius 2 is 1.95 bits per heavy atom. The van der Waals surface area contributed by atoms with Crippen molar-refractivity contribution in [1.29, 1.82) is 0 Å². The predicted octanol–water partition coefficient (Wildman–Crippen LogP) is 5.11. The lowest BCUT2D eigenvalue weighted by molar-refractivity contribution is 0.180. The van der Waals surface area contributed by atoms with Gasteiger partial charge in [-0.05, 0) is 37.1 Å². The number of hydrogen-bond donors (Lipinski definition) is 4.